The molecule has 0 aliphatic heterocycles. The van der Waals surface area contributed by atoms with Gasteiger partial charge in [0.05, 0.1) is 4.47 Å². The number of carbonyl (C=O) groups excluding carboxylic acids is 1. The van der Waals surface area contributed by atoms with Crippen molar-refractivity contribution in [2.75, 3.05) is 5.32 Å². The van der Waals surface area contributed by atoms with Crippen LogP contribution in [0.1, 0.15) is 0 Å². The molecule has 0 saturated heterocycles. The van der Waals surface area contributed by atoms with E-state index in [4.69, 9.17) is 6.42 Å². The standard InChI is InChI=1S/C9H5BrFNO/c1-2-9(13)12-6-3-4-8(11)7(10)5-6/h1,3-5H,(H,12,13). The maximum atomic E-state index is 12.7. The SMILES string of the molecule is C#CC(=O)Nc1ccc(F)c(Br)c1. The average Bonchev–Trinajstić information content (AvgIpc) is 2.11. The van der Waals surface area contributed by atoms with Gasteiger partial charge in [0.25, 0.3) is 5.91 Å². The minimum Gasteiger partial charge on any atom is -0.315 e. The maximum Gasteiger partial charge on any atom is 0.300 e. The molecule has 4 heteroatoms. The largest absolute Gasteiger partial charge is 0.315 e. The highest BCUT2D eigenvalue weighted by Gasteiger charge is 2.01. The summed E-state index contributed by atoms with van der Waals surface area (Å²) in [5.41, 5.74) is 0.455. The molecule has 1 amide bonds. The number of hydrogen-bond acceptors (Lipinski definition) is 1. The first-order chi connectivity index (χ1) is 6.13. The number of anilines is 1. The van der Waals surface area contributed by atoms with E-state index in [0.29, 0.717) is 5.69 Å². The first kappa shape index (κ1) is 9.75. The van der Waals surface area contributed by atoms with Crippen LogP contribution in [0.2, 0.25) is 0 Å². The molecule has 0 radical (unpaired) electrons. The molecule has 1 N–H and O–H groups in total. The second-order valence-corrected chi connectivity index (χ2v) is 3.08. The third-order valence-electron chi connectivity index (χ3n) is 1.31. The van der Waals surface area contributed by atoms with Crippen LogP contribution in [0.5, 0.6) is 0 Å². The Morgan fingerprint density at radius 3 is 2.85 bits per heavy atom. The van der Waals surface area contributed by atoms with Crippen molar-refractivity contribution in [1.82, 2.24) is 0 Å². The molecule has 1 aromatic carbocycles. The molecule has 0 spiro atoms. The molecule has 0 unspecified atom stereocenters. The van der Waals surface area contributed by atoms with Gasteiger partial charge in [0, 0.05) is 5.69 Å². The highest BCUT2D eigenvalue weighted by molar-refractivity contribution is 9.10. The second-order valence-electron chi connectivity index (χ2n) is 2.23. The summed E-state index contributed by atoms with van der Waals surface area (Å²) in [6.45, 7) is 0. The fourth-order valence-corrected chi connectivity index (χ4v) is 1.12. The molecule has 0 heterocycles. The first-order valence-electron chi connectivity index (χ1n) is 3.36. The van der Waals surface area contributed by atoms with Gasteiger partial charge in [0.15, 0.2) is 0 Å². The van der Waals surface area contributed by atoms with E-state index in [9.17, 15) is 9.18 Å². The van der Waals surface area contributed by atoms with Gasteiger partial charge in [-0.05, 0) is 40.0 Å². The van der Waals surface area contributed by atoms with E-state index in [0.717, 1.165) is 0 Å². The monoisotopic (exact) mass is 241 g/mol. The van der Waals surface area contributed by atoms with Crippen molar-refractivity contribution in [2.45, 2.75) is 0 Å². The molecule has 0 atom stereocenters. The van der Waals surface area contributed by atoms with Crippen LogP contribution in [-0.2, 0) is 4.79 Å². The Balaban J connectivity index is 2.87. The fourth-order valence-electron chi connectivity index (χ4n) is 0.741. The van der Waals surface area contributed by atoms with Crippen LogP contribution < -0.4 is 5.32 Å². The topological polar surface area (TPSA) is 29.1 Å². The minimum atomic E-state index is -0.557. The molecule has 0 aliphatic rings. The number of nitrogens with one attached hydrogen (secondary N) is 1. The summed E-state index contributed by atoms with van der Waals surface area (Å²) in [5, 5.41) is 2.39. The Bertz CT molecular complexity index is 384. The Morgan fingerprint density at radius 2 is 2.31 bits per heavy atom. The van der Waals surface area contributed by atoms with E-state index in [1.165, 1.54) is 18.2 Å². The lowest BCUT2D eigenvalue weighted by atomic mass is 10.3. The van der Waals surface area contributed by atoms with Gasteiger partial charge in [-0.25, -0.2) is 4.39 Å². The summed E-state index contributed by atoms with van der Waals surface area (Å²) in [6, 6.07) is 4.09. The first-order valence-corrected chi connectivity index (χ1v) is 4.15. The van der Waals surface area contributed by atoms with E-state index >= 15 is 0 Å². The molecule has 2 nitrogen and oxygen atoms in total. The van der Waals surface area contributed by atoms with Crippen LogP contribution in [0, 0.1) is 18.2 Å². The summed E-state index contributed by atoms with van der Waals surface area (Å²) >= 11 is 2.98. The Hall–Kier alpha value is -1.34. The van der Waals surface area contributed by atoms with Crippen LogP contribution in [0.4, 0.5) is 10.1 Å². The van der Waals surface area contributed by atoms with Gasteiger partial charge in [-0.15, -0.1) is 6.42 Å². The number of halogens is 2. The van der Waals surface area contributed by atoms with E-state index in [1.54, 1.807) is 0 Å². The highest BCUT2D eigenvalue weighted by atomic mass is 79.9. The molecule has 0 saturated carbocycles. The van der Waals surface area contributed by atoms with Crippen molar-refractivity contribution >= 4 is 27.5 Å². The Kier molecular flexibility index (Phi) is 3.04. The molecule has 1 rings (SSSR count). The number of rotatable bonds is 1. The van der Waals surface area contributed by atoms with Gasteiger partial charge in [-0.3, -0.25) is 4.79 Å². The number of hydrogen-bond donors (Lipinski definition) is 1. The quantitative estimate of drug-likeness (QED) is 0.751. The zero-order valence-corrected chi connectivity index (χ0v) is 8.06. The summed E-state index contributed by atoms with van der Waals surface area (Å²) in [4.78, 5) is 10.7. The Labute approximate surface area is 83.3 Å². The second kappa shape index (κ2) is 4.06. The third-order valence-corrected chi connectivity index (χ3v) is 1.92. The predicted octanol–water partition coefficient (Wildman–Crippen LogP) is 2.16. The lowest BCUT2D eigenvalue weighted by Crippen LogP contribution is -2.07. The maximum absolute atomic E-state index is 12.7. The van der Waals surface area contributed by atoms with E-state index < -0.39 is 11.7 Å². The van der Waals surface area contributed by atoms with Crippen LogP contribution in [-0.4, -0.2) is 5.91 Å². The zero-order chi connectivity index (χ0) is 9.84. The molecular formula is C9H5BrFNO. The van der Waals surface area contributed by atoms with Crippen molar-refractivity contribution in [3.8, 4) is 12.3 Å². The summed E-state index contributed by atoms with van der Waals surface area (Å²) < 4.78 is 13.0. The predicted molar refractivity (Wildman–Crippen MR) is 51.6 cm³/mol. The van der Waals surface area contributed by atoms with E-state index in [-0.39, 0.29) is 4.47 Å². The highest BCUT2D eigenvalue weighted by Crippen LogP contribution is 2.19. The van der Waals surface area contributed by atoms with Gasteiger partial charge >= 0.3 is 0 Å². The van der Waals surface area contributed by atoms with Gasteiger partial charge in [-0.1, -0.05) is 0 Å². The molecule has 1 aromatic rings. The lowest BCUT2D eigenvalue weighted by molar-refractivity contribution is -0.111. The number of terminal acetylenes is 1. The summed E-state index contributed by atoms with van der Waals surface area (Å²) in [6.07, 6.45) is 4.84. The van der Waals surface area contributed by atoms with Crippen molar-refractivity contribution in [1.29, 1.82) is 0 Å². The molecule has 0 bridgehead atoms. The van der Waals surface area contributed by atoms with Crippen LogP contribution in [0.25, 0.3) is 0 Å². The van der Waals surface area contributed by atoms with E-state index in [2.05, 4.69) is 21.2 Å². The summed E-state index contributed by atoms with van der Waals surface area (Å²) in [5.74, 6) is 0.941. The molecule has 0 fully saturated rings. The molecular weight excluding hydrogens is 237 g/mol. The Morgan fingerprint density at radius 1 is 1.62 bits per heavy atom. The van der Waals surface area contributed by atoms with Gasteiger partial charge in [0.2, 0.25) is 0 Å². The normalized spacial score (nSPS) is 9.00. The van der Waals surface area contributed by atoms with Gasteiger partial charge in [0.1, 0.15) is 5.82 Å². The van der Waals surface area contributed by atoms with Crippen molar-refractivity contribution in [3.05, 3.63) is 28.5 Å². The van der Waals surface area contributed by atoms with Crippen molar-refractivity contribution in [2.24, 2.45) is 0 Å². The average molecular weight is 242 g/mol. The van der Waals surface area contributed by atoms with Crippen LogP contribution in [0.3, 0.4) is 0 Å². The van der Waals surface area contributed by atoms with Gasteiger partial charge < -0.3 is 5.32 Å². The molecule has 0 aliphatic carbocycles. The molecule has 13 heavy (non-hydrogen) atoms. The molecule has 66 valence electrons. The van der Waals surface area contributed by atoms with Gasteiger partial charge in [-0.2, -0.15) is 0 Å². The smallest absolute Gasteiger partial charge is 0.300 e. The van der Waals surface area contributed by atoms with Crippen molar-refractivity contribution in [3.63, 3.8) is 0 Å². The number of benzene rings is 1. The van der Waals surface area contributed by atoms with Crippen LogP contribution in [0.15, 0.2) is 22.7 Å². The third kappa shape index (κ3) is 2.56. The zero-order valence-electron chi connectivity index (χ0n) is 6.47. The van der Waals surface area contributed by atoms with Crippen molar-refractivity contribution < 1.29 is 9.18 Å². The lowest BCUT2D eigenvalue weighted by Gasteiger charge is -2.01. The van der Waals surface area contributed by atoms with E-state index in [1.807, 2.05) is 5.92 Å². The number of amides is 1. The van der Waals surface area contributed by atoms with Crippen LogP contribution >= 0.6 is 15.9 Å². The summed E-state index contributed by atoms with van der Waals surface area (Å²) in [7, 11) is 0. The molecule has 0 aromatic heterocycles. The minimum absolute atomic E-state index is 0.280. The number of carbonyl (C=O) groups is 1. The fraction of sp³-hybridized carbons (Fsp3) is 0.